The lowest BCUT2D eigenvalue weighted by Crippen LogP contribution is -2.13. The largest absolute Gasteiger partial charge is 0.508 e. The Morgan fingerprint density at radius 3 is 2.38 bits per heavy atom. The Morgan fingerprint density at radius 1 is 1.31 bits per heavy atom. The van der Waals surface area contributed by atoms with Crippen LogP contribution in [0.1, 0.15) is 20.3 Å². The van der Waals surface area contributed by atoms with Gasteiger partial charge in [0, 0.05) is 0 Å². The van der Waals surface area contributed by atoms with Crippen LogP contribution in [0.5, 0.6) is 0 Å². The van der Waals surface area contributed by atoms with E-state index in [1.165, 1.54) is 0 Å². The van der Waals surface area contributed by atoms with Crippen LogP contribution < -0.4 is 0 Å². The van der Waals surface area contributed by atoms with E-state index in [0.29, 0.717) is 0 Å². The second-order valence-corrected chi connectivity index (χ2v) is 2.95. The molecular formula is C8H14O5. The first-order valence-electron chi connectivity index (χ1n) is 4.03. The molecular weight excluding hydrogens is 176 g/mol. The van der Waals surface area contributed by atoms with E-state index in [0.717, 1.165) is 0 Å². The fraction of sp³-hybridized carbons (Fsp3) is 0.750. The molecule has 0 radical (unpaired) electrons. The van der Waals surface area contributed by atoms with Crippen molar-refractivity contribution < 1.29 is 24.2 Å². The molecule has 0 fully saturated rings. The average Bonchev–Trinajstić information content (AvgIpc) is 2.00. The molecule has 0 aliphatic rings. The molecule has 0 aromatic heterocycles. The Labute approximate surface area is 76.6 Å². The number of hydrogen-bond acceptors (Lipinski definition) is 4. The van der Waals surface area contributed by atoms with Gasteiger partial charge in [-0.2, -0.15) is 0 Å². The van der Waals surface area contributed by atoms with Gasteiger partial charge < -0.3 is 14.6 Å². The van der Waals surface area contributed by atoms with Gasteiger partial charge in [0.05, 0.1) is 13.0 Å². The van der Waals surface area contributed by atoms with E-state index in [9.17, 15) is 9.59 Å². The van der Waals surface area contributed by atoms with Gasteiger partial charge in [-0.1, -0.05) is 13.8 Å². The van der Waals surface area contributed by atoms with Crippen LogP contribution >= 0.6 is 0 Å². The lowest BCUT2D eigenvalue weighted by molar-refractivity contribution is -0.137. The van der Waals surface area contributed by atoms with Gasteiger partial charge in [-0.3, -0.25) is 4.79 Å². The summed E-state index contributed by atoms with van der Waals surface area (Å²) in [6.07, 6.45) is -1.01. The van der Waals surface area contributed by atoms with E-state index in [2.05, 4.69) is 9.47 Å². The molecule has 0 atom stereocenters. The van der Waals surface area contributed by atoms with Crippen molar-refractivity contribution in [2.24, 2.45) is 5.92 Å². The van der Waals surface area contributed by atoms with E-state index >= 15 is 0 Å². The van der Waals surface area contributed by atoms with Gasteiger partial charge in [-0.15, -0.1) is 0 Å². The molecule has 0 amide bonds. The van der Waals surface area contributed by atoms with E-state index in [-0.39, 0.29) is 25.6 Å². The number of carboxylic acids is 1. The summed E-state index contributed by atoms with van der Waals surface area (Å²) in [6, 6.07) is 0. The topological polar surface area (TPSA) is 72.8 Å². The van der Waals surface area contributed by atoms with Crippen LogP contribution in [-0.4, -0.2) is 30.4 Å². The Morgan fingerprint density at radius 2 is 1.92 bits per heavy atom. The minimum Gasteiger partial charge on any atom is -0.481 e. The summed E-state index contributed by atoms with van der Waals surface area (Å²) < 4.78 is 9.09. The van der Waals surface area contributed by atoms with Gasteiger partial charge in [0.1, 0.15) is 6.61 Å². The Balaban J connectivity index is 3.35. The smallest absolute Gasteiger partial charge is 0.481 e. The van der Waals surface area contributed by atoms with Crippen molar-refractivity contribution in [3.05, 3.63) is 0 Å². The van der Waals surface area contributed by atoms with Crippen LogP contribution in [0, 0.1) is 5.92 Å². The van der Waals surface area contributed by atoms with E-state index in [1.54, 1.807) is 0 Å². The Bertz CT molecular complexity index is 175. The van der Waals surface area contributed by atoms with Crippen molar-refractivity contribution in [1.82, 2.24) is 0 Å². The zero-order valence-electron chi connectivity index (χ0n) is 7.78. The maximum absolute atomic E-state index is 10.7. The summed E-state index contributed by atoms with van der Waals surface area (Å²) >= 11 is 0. The zero-order chi connectivity index (χ0) is 10.3. The molecule has 0 saturated carbocycles. The molecule has 5 nitrogen and oxygen atoms in total. The van der Waals surface area contributed by atoms with Gasteiger partial charge in [0.2, 0.25) is 0 Å². The van der Waals surface area contributed by atoms with Gasteiger partial charge in [0.25, 0.3) is 0 Å². The van der Waals surface area contributed by atoms with Gasteiger partial charge >= 0.3 is 12.1 Å². The first-order chi connectivity index (χ1) is 6.02. The predicted octanol–water partition coefficient (Wildman–Crippen LogP) is 1.27. The minimum atomic E-state index is -1.00. The number of carbonyl (C=O) groups excluding carboxylic acids is 1. The first kappa shape index (κ1) is 11.7. The highest BCUT2D eigenvalue weighted by atomic mass is 16.7. The molecule has 0 rings (SSSR count). The summed E-state index contributed by atoms with van der Waals surface area (Å²) in [4.78, 5) is 20.7. The predicted molar refractivity (Wildman–Crippen MR) is 44.4 cm³/mol. The molecule has 0 saturated heterocycles. The second kappa shape index (κ2) is 6.28. The number of aliphatic carboxylic acids is 1. The van der Waals surface area contributed by atoms with E-state index < -0.39 is 12.1 Å². The number of carbonyl (C=O) groups is 2. The molecule has 0 spiro atoms. The molecule has 0 bridgehead atoms. The van der Waals surface area contributed by atoms with E-state index in [1.807, 2.05) is 13.8 Å². The number of rotatable bonds is 5. The molecule has 13 heavy (non-hydrogen) atoms. The third-order valence-electron chi connectivity index (χ3n) is 1.07. The van der Waals surface area contributed by atoms with Gasteiger partial charge in [0.15, 0.2) is 0 Å². The van der Waals surface area contributed by atoms with Crippen molar-refractivity contribution in [2.45, 2.75) is 20.3 Å². The standard InChI is InChI=1S/C8H14O5/c1-6(2)5-13-8(11)12-4-3-7(9)10/h6H,3-5H2,1-2H3,(H,9,10). The van der Waals surface area contributed by atoms with Crippen molar-refractivity contribution in [3.8, 4) is 0 Å². The zero-order valence-corrected chi connectivity index (χ0v) is 7.78. The molecule has 5 heteroatoms. The third-order valence-corrected chi connectivity index (χ3v) is 1.07. The van der Waals surface area contributed by atoms with Gasteiger partial charge in [-0.25, -0.2) is 4.79 Å². The van der Waals surface area contributed by atoms with Crippen LogP contribution in [0.2, 0.25) is 0 Å². The quantitative estimate of drug-likeness (QED) is 0.661. The molecule has 1 N–H and O–H groups in total. The van der Waals surface area contributed by atoms with Crippen LogP contribution in [0.25, 0.3) is 0 Å². The number of ether oxygens (including phenoxy) is 2. The highest BCUT2D eigenvalue weighted by Gasteiger charge is 2.06. The highest BCUT2D eigenvalue weighted by molar-refractivity contribution is 5.67. The van der Waals surface area contributed by atoms with Crippen LogP contribution in [0.4, 0.5) is 4.79 Å². The summed E-state index contributed by atoms with van der Waals surface area (Å²) in [5.41, 5.74) is 0. The van der Waals surface area contributed by atoms with Crippen LogP contribution in [0.3, 0.4) is 0 Å². The van der Waals surface area contributed by atoms with Crippen LogP contribution in [0.15, 0.2) is 0 Å². The normalized spacial score (nSPS) is 9.77. The van der Waals surface area contributed by atoms with Crippen molar-refractivity contribution >= 4 is 12.1 Å². The van der Waals surface area contributed by atoms with E-state index in [4.69, 9.17) is 5.11 Å². The first-order valence-corrected chi connectivity index (χ1v) is 4.03. The lowest BCUT2D eigenvalue weighted by atomic mass is 10.2. The third kappa shape index (κ3) is 8.65. The highest BCUT2D eigenvalue weighted by Crippen LogP contribution is 1.95. The van der Waals surface area contributed by atoms with Crippen molar-refractivity contribution in [3.63, 3.8) is 0 Å². The summed E-state index contributed by atoms with van der Waals surface area (Å²) in [5.74, 6) is -0.760. The monoisotopic (exact) mass is 190 g/mol. The van der Waals surface area contributed by atoms with Crippen LogP contribution in [-0.2, 0) is 14.3 Å². The molecule has 0 aliphatic carbocycles. The number of hydrogen-bond donors (Lipinski definition) is 1. The molecule has 0 unspecified atom stereocenters. The second-order valence-electron chi connectivity index (χ2n) is 2.95. The van der Waals surface area contributed by atoms with Gasteiger partial charge in [-0.05, 0) is 5.92 Å². The fourth-order valence-electron chi connectivity index (χ4n) is 0.498. The number of carboxylic acid groups (broad SMARTS) is 1. The SMILES string of the molecule is CC(C)COC(=O)OCCC(=O)O. The molecule has 0 aromatic rings. The summed E-state index contributed by atoms with van der Waals surface area (Å²) in [6.45, 7) is 3.92. The maximum Gasteiger partial charge on any atom is 0.508 e. The van der Waals surface area contributed by atoms with Crippen molar-refractivity contribution in [2.75, 3.05) is 13.2 Å². The average molecular weight is 190 g/mol. The fourth-order valence-corrected chi connectivity index (χ4v) is 0.498. The van der Waals surface area contributed by atoms with Crippen molar-refractivity contribution in [1.29, 1.82) is 0 Å². The summed E-state index contributed by atoms with van der Waals surface area (Å²) in [5, 5.41) is 8.21. The summed E-state index contributed by atoms with van der Waals surface area (Å²) in [7, 11) is 0. The molecule has 76 valence electrons. The Hall–Kier alpha value is -1.26. The molecule has 0 heterocycles. The Kier molecular flexibility index (Phi) is 5.67. The molecule has 0 aromatic carbocycles. The lowest BCUT2D eigenvalue weighted by Gasteiger charge is -2.06. The minimum absolute atomic E-state index is 0.147. The molecule has 0 aliphatic heterocycles. The maximum atomic E-state index is 10.7.